The second kappa shape index (κ2) is 4.74. The van der Waals surface area contributed by atoms with Gasteiger partial charge in [-0.15, -0.1) is 0 Å². The molecule has 3 heteroatoms. The smallest absolute Gasteiger partial charge is 0.239 e. The molecule has 1 atom stereocenters. The summed E-state index contributed by atoms with van der Waals surface area (Å²) < 4.78 is 0. The van der Waals surface area contributed by atoms with Gasteiger partial charge in [-0.3, -0.25) is 4.79 Å². The first-order valence-corrected chi connectivity index (χ1v) is 6.65. The molecule has 1 heterocycles. The van der Waals surface area contributed by atoms with Gasteiger partial charge in [-0.25, -0.2) is 0 Å². The Labute approximate surface area is 98.4 Å². The SMILES string of the molecule is CC1(CN2CCCC(N)C2=O)CCCCC1. The molecule has 16 heavy (non-hydrogen) atoms. The van der Waals surface area contributed by atoms with Gasteiger partial charge in [-0.2, -0.15) is 0 Å². The second-order valence-electron chi connectivity index (χ2n) is 5.88. The molecule has 2 N–H and O–H groups in total. The molecule has 3 nitrogen and oxygen atoms in total. The van der Waals surface area contributed by atoms with Crippen LogP contribution in [0.3, 0.4) is 0 Å². The number of amides is 1. The molecule has 92 valence electrons. The molecule has 1 amide bonds. The fourth-order valence-electron chi connectivity index (χ4n) is 3.15. The van der Waals surface area contributed by atoms with Gasteiger partial charge in [-0.05, 0) is 31.1 Å². The lowest BCUT2D eigenvalue weighted by Gasteiger charge is -2.40. The van der Waals surface area contributed by atoms with Gasteiger partial charge < -0.3 is 10.6 Å². The van der Waals surface area contributed by atoms with E-state index in [1.54, 1.807) is 0 Å². The van der Waals surface area contributed by atoms with Crippen LogP contribution in [0.1, 0.15) is 51.9 Å². The summed E-state index contributed by atoms with van der Waals surface area (Å²) in [6.45, 7) is 4.18. The largest absolute Gasteiger partial charge is 0.341 e. The highest BCUT2D eigenvalue weighted by molar-refractivity contribution is 5.82. The average Bonchev–Trinajstić information content (AvgIpc) is 2.26. The van der Waals surface area contributed by atoms with Crippen LogP contribution in [-0.4, -0.2) is 29.9 Å². The molecular formula is C13H24N2O. The van der Waals surface area contributed by atoms with Gasteiger partial charge in [0.1, 0.15) is 0 Å². The zero-order valence-electron chi connectivity index (χ0n) is 10.4. The number of rotatable bonds is 2. The Balaban J connectivity index is 1.94. The number of likely N-dealkylation sites (tertiary alicyclic amines) is 1. The lowest BCUT2D eigenvalue weighted by molar-refractivity contribution is -0.136. The minimum atomic E-state index is -0.235. The number of hydrogen-bond acceptors (Lipinski definition) is 2. The molecule has 1 saturated carbocycles. The van der Waals surface area contributed by atoms with E-state index in [0.717, 1.165) is 25.9 Å². The predicted octanol–water partition coefficient (Wildman–Crippen LogP) is 1.91. The summed E-state index contributed by atoms with van der Waals surface area (Å²) in [6.07, 6.45) is 8.49. The van der Waals surface area contributed by atoms with Crippen LogP contribution in [0.4, 0.5) is 0 Å². The molecule has 0 aromatic rings. The fourth-order valence-corrected chi connectivity index (χ4v) is 3.15. The predicted molar refractivity (Wildman–Crippen MR) is 65.0 cm³/mol. The zero-order valence-corrected chi connectivity index (χ0v) is 10.4. The van der Waals surface area contributed by atoms with Gasteiger partial charge in [0.15, 0.2) is 0 Å². The number of carbonyl (C=O) groups is 1. The Kier molecular flexibility index (Phi) is 3.53. The average molecular weight is 224 g/mol. The van der Waals surface area contributed by atoms with Crippen LogP contribution in [0, 0.1) is 5.41 Å². The van der Waals surface area contributed by atoms with Crippen LogP contribution < -0.4 is 5.73 Å². The van der Waals surface area contributed by atoms with Gasteiger partial charge >= 0.3 is 0 Å². The van der Waals surface area contributed by atoms with E-state index in [-0.39, 0.29) is 11.9 Å². The van der Waals surface area contributed by atoms with Gasteiger partial charge in [0.2, 0.25) is 5.91 Å². The van der Waals surface area contributed by atoms with E-state index in [2.05, 4.69) is 6.92 Å². The van der Waals surface area contributed by atoms with E-state index >= 15 is 0 Å². The van der Waals surface area contributed by atoms with E-state index in [4.69, 9.17) is 5.73 Å². The van der Waals surface area contributed by atoms with Crippen molar-refractivity contribution < 1.29 is 4.79 Å². The molecule has 1 saturated heterocycles. The number of nitrogens with zero attached hydrogens (tertiary/aromatic N) is 1. The molecule has 1 aliphatic heterocycles. The minimum Gasteiger partial charge on any atom is -0.341 e. The molecule has 0 bridgehead atoms. The lowest BCUT2D eigenvalue weighted by Crippen LogP contribution is -2.51. The number of carbonyl (C=O) groups excluding carboxylic acids is 1. The third kappa shape index (κ3) is 2.57. The molecule has 2 fully saturated rings. The summed E-state index contributed by atoms with van der Waals surface area (Å²) >= 11 is 0. The van der Waals surface area contributed by atoms with Crippen molar-refractivity contribution in [2.24, 2.45) is 11.1 Å². The first-order chi connectivity index (χ1) is 7.61. The Morgan fingerprint density at radius 2 is 2.00 bits per heavy atom. The third-order valence-electron chi connectivity index (χ3n) is 4.21. The fraction of sp³-hybridized carbons (Fsp3) is 0.923. The normalized spacial score (nSPS) is 30.5. The molecule has 2 rings (SSSR count). The molecule has 1 unspecified atom stereocenters. The van der Waals surface area contributed by atoms with Crippen LogP contribution in [0.5, 0.6) is 0 Å². The van der Waals surface area contributed by atoms with Crippen LogP contribution in [-0.2, 0) is 4.79 Å². The Hall–Kier alpha value is -0.570. The van der Waals surface area contributed by atoms with Crippen molar-refractivity contribution in [3.8, 4) is 0 Å². The topological polar surface area (TPSA) is 46.3 Å². The second-order valence-corrected chi connectivity index (χ2v) is 5.88. The monoisotopic (exact) mass is 224 g/mol. The summed E-state index contributed by atoms with van der Waals surface area (Å²) in [7, 11) is 0. The summed E-state index contributed by atoms with van der Waals surface area (Å²) in [4.78, 5) is 14.0. The molecule has 0 aromatic carbocycles. The maximum Gasteiger partial charge on any atom is 0.239 e. The summed E-state index contributed by atoms with van der Waals surface area (Å²) in [6, 6.07) is -0.235. The standard InChI is InChI=1S/C13H24N2O/c1-13(7-3-2-4-8-13)10-15-9-5-6-11(14)12(15)16/h11H,2-10,14H2,1H3. The number of nitrogens with two attached hydrogens (primary N) is 1. The van der Waals surface area contributed by atoms with Gasteiger partial charge in [0.25, 0.3) is 0 Å². The van der Waals surface area contributed by atoms with Crippen molar-refractivity contribution in [2.75, 3.05) is 13.1 Å². The van der Waals surface area contributed by atoms with E-state index < -0.39 is 0 Å². The maximum absolute atomic E-state index is 11.9. The maximum atomic E-state index is 11.9. The summed E-state index contributed by atoms with van der Waals surface area (Å²) in [5, 5.41) is 0. The zero-order chi connectivity index (χ0) is 11.6. The van der Waals surface area contributed by atoms with E-state index in [1.165, 1.54) is 32.1 Å². The van der Waals surface area contributed by atoms with Crippen LogP contribution >= 0.6 is 0 Å². The number of hydrogen-bond donors (Lipinski definition) is 1. The van der Waals surface area contributed by atoms with Crippen molar-refractivity contribution in [1.82, 2.24) is 4.90 Å². The van der Waals surface area contributed by atoms with Crippen LogP contribution in [0.15, 0.2) is 0 Å². The first-order valence-electron chi connectivity index (χ1n) is 6.65. The van der Waals surface area contributed by atoms with E-state index in [9.17, 15) is 4.79 Å². The molecular weight excluding hydrogens is 200 g/mol. The molecule has 1 aliphatic carbocycles. The Bertz CT molecular complexity index is 259. The van der Waals surface area contributed by atoms with Crippen molar-refractivity contribution in [1.29, 1.82) is 0 Å². The van der Waals surface area contributed by atoms with Crippen molar-refractivity contribution >= 4 is 5.91 Å². The van der Waals surface area contributed by atoms with Gasteiger partial charge in [0.05, 0.1) is 6.04 Å². The first kappa shape index (κ1) is 11.9. The summed E-state index contributed by atoms with van der Waals surface area (Å²) in [5.41, 5.74) is 6.18. The highest BCUT2D eigenvalue weighted by Crippen LogP contribution is 2.36. The van der Waals surface area contributed by atoms with Crippen molar-refractivity contribution in [3.05, 3.63) is 0 Å². The highest BCUT2D eigenvalue weighted by atomic mass is 16.2. The Morgan fingerprint density at radius 1 is 1.31 bits per heavy atom. The van der Waals surface area contributed by atoms with Gasteiger partial charge in [0, 0.05) is 13.1 Å². The minimum absolute atomic E-state index is 0.179. The number of piperidine rings is 1. The van der Waals surface area contributed by atoms with E-state index in [0.29, 0.717) is 5.41 Å². The molecule has 0 radical (unpaired) electrons. The van der Waals surface area contributed by atoms with Crippen LogP contribution in [0.2, 0.25) is 0 Å². The highest BCUT2D eigenvalue weighted by Gasteiger charge is 2.33. The lowest BCUT2D eigenvalue weighted by atomic mass is 9.75. The summed E-state index contributed by atoms with van der Waals surface area (Å²) in [5.74, 6) is 0.179. The third-order valence-corrected chi connectivity index (χ3v) is 4.21. The Morgan fingerprint density at radius 3 is 2.69 bits per heavy atom. The molecule has 0 aromatic heterocycles. The quantitative estimate of drug-likeness (QED) is 0.778. The van der Waals surface area contributed by atoms with Gasteiger partial charge in [-0.1, -0.05) is 26.2 Å². The molecule has 2 aliphatic rings. The molecule has 0 spiro atoms. The van der Waals surface area contributed by atoms with E-state index in [1.807, 2.05) is 4.90 Å². The van der Waals surface area contributed by atoms with Crippen LogP contribution in [0.25, 0.3) is 0 Å². The van der Waals surface area contributed by atoms with Crippen molar-refractivity contribution in [2.45, 2.75) is 57.9 Å². The van der Waals surface area contributed by atoms with Crippen molar-refractivity contribution in [3.63, 3.8) is 0 Å².